The fourth-order valence-electron chi connectivity index (χ4n) is 2.06. The summed E-state index contributed by atoms with van der Waals surface area (Å²) in [5.74, 6) is -0.0567. The number of ether oxygens (including phenoxy) is 1. The van der Waals surface area contributed by atoms with Gasteiger partial charge in [-0.1, -0.05) is 0 Å². The molecule has 5 nitrogen and oxygen atoms in total. The summed E-state index contributed by atoms with van der Waals surface area (Å²) >= 11 is 0. The number of hydrogen-bond donors (Lipinski definition) is 1. The van der Waals surface area contributed by atoms with E-state index < -0.39 is 0 Å². The summed E-state index contributed by atoms with van der Waals surface area (Å²) in [5, 5.41) is 7.02. The van der Waals surface area contributed by atoms with Crippen molar-refractivity contribution in [3.05, 3.63) is 17.0 Å². The van der Waals surface area contributed by atoms with Crippen molar-refractivity contribution >= 4 is 5.91 Å². The van der Waals surface area contributed by atoms with Gasteiger partial charge in [0.05, 0.1) is 17.9 Å². The van der Waals surface area contributed by atoms with Crippen LogP contribution in [0, 0.1) is 0 Å². The molecule has 0 saturated heterocycles. The Labute approximate surface area is 94.8 Å². The minimum atomic E-state index is -0.0567. The largest absolute Gasteiger partial charge is 0.369 e. The highest BCUT2D eigenvalue weighted by atomic mass is 16.5. The molecule has 1 N–H and O–H groups in total. The lowest BCUT2D eigenvalue weighted by Crippen LogP contribution is -2.26. The van der Waals surface area contributed by atoms with E-state index in [1.54, 1.807) is 19.0 Å². The predicted octanol–water partition coefficient (Wildman–Crippen LogP) is 1.13. The molecular weight excluding hydrogens is 206 g/mol. The molecule has 88 valence electrons. The zero-order chi connectivity index (χ0) is 11.9. The molecule has 1 aliphatic rings. The number of aromatic nitrogens is 2. The Morgan fingerprint density at radius 2 is 2.19 bits per heavy atom. The minimum absolute atomic E-state index is 0.0186. The van der Waals surface area contributed by atoms with E-state index in [2.05, 4.69) is 10.2 Å². The van der Waals surface area contributed by atoms with Gasteiger partial charge in [-0.2, -0.15) is 5.10 Å². The molecule has 0 spiro atoms. The van der Waals surface area contributed by atoms with E-state index in [9.17, 15) is 4.79 Å². The van der Waals surface area contributed by atoms with Crippen LogP contribution in [-0.4, -0.2) is 41.2 Å². The van der Waals surface area contributed by atoms with Crippen molar-refractivity contribution in [3.63, 3.8) is 0 Å². The molecule has 5 heteroatoms. The number of fused-ring (bicyclic) bond motifs is 1. The van der Waals surface area contributed by atoms with Crippen molar-refractivity contribution in [1.29, 1.82) is 0 Å². The number of carbonyl (C=O) groups is 1. The Balaban J connectivity index is 2.40. The summed E-state index contributed by atoms with van der Waals surface area (Å²) in [4.78, 5) is 13.4. The lowest BCUT2D eigenvalue weighted by Gasteiger charge is -2.25. The van der Waals surface area contributed by atoms with Crippen LogP contribution in [0.2, 0.25) is 0 Å². The predicted molar refractivity (Wildman–Crippen MR) is 59.3 cm³/mol. The Morgan fingerprint density at radius 1 is 1.50 bits per heavy atom. The van der Waals surface area contributed by atoms with Crippen LogP contribution >= 0.6 is 0 Å². The third kappa shape index (κ3) is 1.71. The Morgan fingerprint density at radius 3 is 2.81 bits per heavy atom. The fraction of sp³-hybridized carbons (Fsp3) is 0.636. The molecule has 2 atom stereocenters. The van der Waals surface area contributed by atoms with Crippen LogP contribution in [0.3, 0.4) is 0 Å². The second-order valence-electron chi connectivity index (χ2n) is 4.46. The van der Waals surface area contributed by atoms with Crippen LogP contribution in [0.4, 0.5) is 0 Å². The maximum Gasteiger partial charge on any atom is 0.274 e. The molecule has 1 aliphatic heterocycles. The van der Waals surface area contributed by atoms with E-state index in [0.29, 0.717) is 5.69 Å². The molecule has 2 rings (SSSR count). The maximum absolute atomic E-state index is 11.9. The Bertz CT molecular complexity index is 411. The molecule has 1 amide bonds. The van der Waals surface area contributed by atoms with Gasteiger partial charge in [0, 0.05) is 26.1 Å². The van der Waals surface area contributed by atoms with Gasteiger partial charge in [0.25, 0.3) is 5.91 Å². The van der Waals surface area contributed by atoms with Crippen LogP contribution in [0.1, 0.15) is 41.7 Å². The lowest BCUT2D eigenvalue weighted by molar-refractivity contribution is -0.00700. The standard InChI is InChI=1S/C11H17N3O2/c1-6-5-8-9(7(2)16-6)12-13-10(8)11(15)14(3)4/h6-7H,5H2,1-4H3,(H,12,13)/t6-,7+/m1/s1. The topological polar surface area (TPSA) is 58.2 Å². The van der Waals surface area contributed by atoms with Gasteiger partial charge in [-0.3, -0.25) is 9.89 Å². The van der Waals surface area contributed by atoms with Gasteiger partial charge in [0.1, 0.15) is 0 Å². The van der Waals surface area contributed by atoms with Gasteiger partial charge >= 0.3 is 0 Å². The number of H-pyrrole nitrogens is 1. The van der Waals surface area contributed by atoms with E-state index in [0.717, 1.165) is 17.7 Å². The van der Waals surface area contributed by atoms with Gasteiger partial charge in [-0.15, -0.1) is 0 Å². The molecule has 0 unspecified atom stereocenters. The van der Waals surface area contributed by atoms with E-state index >= 15 is 0 Å². The SMILES string of the molecule is C[C@@H]1Cc2c(C(=O)N(C)C)n[nH]c2[C@H](C)O1. The minimum Gasteiger partial charge on any atom is -0.369 e. The zero-order valence-corrected chi connectivity index (χ0v) is 10.1. The summed E-state index contributed by atoms with van der Waals surface area (Å²) in [6, 6.07) is 0. The number of hydrogen-bond acceptors (Lipinski definition) is 3. The van der Waals surface area contributed by atoms with Gasteiger partial charge in [0.2, 0.25) is 0 Å². The van der Waals surface area contributed by atoms with Crippen LogP contribution in [-0.2, 0) is 11.2 Å². The number of nitrogens with one attached hydrogen (secondary N) is 1. The lowest BCUT2D eigenvalue weighted by atomic mass is 9.99. The molecule has 1 aromatic heterocycles. The Hall–Kier alpha value is -1.36. The molecule has 2 heterocycles. The van der Waals surface area contributed by atoms with E-state index in [1.165, 1.54) is 0 Å². The molecule has 1 aromatic rings. The van der Waals surface area contributed by atoms with Crippen LogP contribution < -0.4 is 0 Å². The van der Waals surface area contributed by atoms with Crippen molar-refractivity contribution < 1.29 is 9.53 Å². The first-order valence-corrected chi connectivity index (χ1v) is 5.45. The summed E-state index contributed by atoms with van der Waals surface area (Å²) in [7, 11) is 3.46. The third-order valence-corrected chi connectivity index (χ3v) is 2.84. The van der Waals surface area contributed by atoms with Gasteiger partial charge < -0.3 is 9.64 Å². The van der Waals surface area contributed by atoms with Crippen molar-refractivity contribution in [2.24, 2.45) is 0 Å². The smallest absolute Gasteiger partial charge is 0.274 e. The van der Waals surface area contributed by atoms with Gasteiger partial charge in [-0.05, 0) is 13.8 Å². The molecule has 0 bridgehead atoms. The highest BCUT2D eigenvalue weighted by Gasteiger charge is 2.29. The number of amides is 1. The zero-order valence-electron chi connectivity index (χ0n) is 10.1. The van der Waals surface area contributed by atoms with Crippen molar-refractivity contribution in [1.82, 2.24) is 15.1 Å². The summed E-state index contributed by atoms with van der Waals surface area (Å²) in [5.41, 5.74) is 2.47. The molecule has 0 fully saturated rings. The molecule has 0 radical (unpaired) electrons. The highest BCUT2D eigenvalue weighted by molar-refractivity contribution is 5.93. The van der Waals surface area contributed by atoms with Crippen LogP contribution in [0.25, 0.3) is 0 Å². The van der Waals surface area contributed by atoms with Crippen molar-refractivity contribution in [3.8, 4) is 0 Å². The number of nitrogens with zero attached hydrogens (tertiary/aromatic N) is 2. The second-order valence-corrected chi connectivity index (χ2v) is 4.46. The summed E-state index contributed by atoms with van der Waals surface area (Å²) < 4.78 is 5.67. The van der Waals surface area contributed by atoms with E-state index in [4.69, 9.17) is 4.74 Å². The Kier molecular flexibility index (Phi) is 2.71. The first-order chi connectivity index (χ1) is 7.50. The normalized spacial score (nSPS) is 24.0. The quantitative estimate of drug-likeness (QED) is 0.776. The number of aromatic amines is 1. The first kappa shape index (κ1) is 11.1. The van der Waals surface area contributed by atoms with Gasteiger partial charge in [0.15, 0.2) is 5.69 Å². The highest BCUT2D eigenvalue weighted by Crippen LogP contribution is 2.30. The number of carbonyl (C=O) groups excluding carboxylic acids is 1. The van der Waals surface area contributed by atoms with Crippen molar-refractivity contribution in [2.45, 2.75) is 32.5 Å². The van der Waals surface area contributed by atoms with Crippen LogP contribution in [0.15, 0.2) is 0 Å². The molecule has 0 aromatic carbocycles. The summed E-state index contributed by atoms with van der Waals surface area (Å²) in [6.07, 6.45) is 0.856. The van der Waals surface area contributed by atoms with E-state index in [-0.39, 0.29) is 18.1 Å². The average molecular weight is 223 g/mol. The monoisotopic (exact) mass is 223 g/mol. The molecule has 0 aliphatic carbocycles. The molecule has 16 heavy (non-hydrogen) atoms. The third-order valence-electron chi connectivity index (χ3n) is 2.84. The first-order valence-electron chi connectivity index (χ1n) is 5.45. The fourth-order valence-corrected chi connectivity index (χ4v) is 2.06. The summed E-state index contributed by atoms with van der Waals surface area (Å²) in [6.45, 7) is 3.98. The molecule has 0 saturated carbocycles. The van der Waals surface area contributed by atoms with Crippen LogP contribution in [0.5, 0.6) is 0 Å². The average Bonchev–Trinajstić information content (AvgIpc) is 2.60. The maximum atomic E-state index is 11.9. The second kappa shape index (κ2) is 3.90. The number of rotatable bonds is 1. The van der Waals surface area contributed by atoms with E-state index in [1.807, 2.05) is 13.8 Å². The van der Waals surface area contributed by atoms with Crippen molar-refractivity contribution in [2.75, 3.05) is 14.1 Å². The van der Waals surface area contributed by atoms with Gasteiger partial charge in [-0.25, -0.2) is 0 Å². The molecular formula is C11H17N3O2.